The quantitative estimate of drug-likeness (QED) is 0.373. The van der Waals surface area contributed by atoms with Crippen molar-refractivity contribution in [3.63, 3.8) is 0 Å². The number of hydrogen-bond acceptors (Lipinski definition) is 3. The van der Waals surface area contributed by atoms with E-state index in [2.05, 4.69) is 13.2 Å². The second-order valence-corrected chi connectivity index (χ2v) is 5.49. The molecule has 1 heterocycles. The summed E-state index contributed by atoms with van der Waals surface area (Å²) in [6.07, 6.45) is 3.03. The molecule has 3 nitrogen and oxygen atoms in total. The van der Waals surface area contributed by atoms with E-state index in [0.29, 0.717) is 5.57 Å². The van der Waals surface area contributed by atoms with Crippen molar-refractivity contribution in [3.8, 4) is 0 Å². The van der Waals surface area contributed by atoms with Crippen LogP contribution in [0.2, 0.25) is 0 Å². The first-order valence-electron chi connectivity index (χ1n) is 6.30. The van der Waals surface area contributed by atoms with E-state index in [1.807, 2.05) is 6.92 Å². The second-order valence-electron chi connectivity index (χ2n) is 5.49. The minimum Gasteiger partial charge on any atom is -0.458 e. The van der Waals surface area contributed by atoms with E-state index in [9.17, 15) is 9.59 Å². The van der Waals surface area contributed by atoms with Crippen LogP contribution >= 0.6 is 0 Å². The first-order valence-corrected chi connectivity index (χ1v) is 6.30. The van der Waals surface area contributed by atoms with Gasteiger partial charge < -0.3 is 4.74 Å². The molecule has 2 aliphatic carbocycles. The predicted octanol–water partition coefficient (Wildman–Crippen LogP) is 2.20. The van der Waals surface area contributed by atoms with Crippen molar-refractivity contribution in [1.29, 1.82) is 0 Å². The van der Waals surface area contributed by atoms with Gasteiger partial charge in [0.2, 0.25) is 0 Å². The van der Waals surface area contributed by atoms with E-state index in [-0.39, 0.29) is 35.6 Å². The number of carbonyl (C=O) groups is 2. The summed E-state index contributed by atoms with van der Waals surface area (Å²) in [4.78, 5) is 23.7. The number of carbonyl (C=O) groups excluding carboxylic acids is 2. The Morgan fingerprint density at radius 1 is 1.33 bits per heavy atom. The number of fused-ring (bicyclic) bond motifs is 3. The molecule has 2 fully saturated rings. The number of ketones is 1. The highest BCUT2D eigenvalue weighted by atomic mass is 16.6. The molecule has 0 N–H and O–H groups in total. The van der Waals surface area contributed by atoms with Crippen molar-refractivity contribution in [2.24, 2.45) is 17.8 Å². The smallest absolute Gasteiger partial charge is 0.334 e. The molecule has 1 saturated heterocycles. The van der Waals surface area contributed by atoms with Gasteiger partial charge in [0, 0.05) is 17.4 Å². The van der Waals surface area contributed by atoms with Crippen molar-refractivity contribution in [2.45, 2.75) is 25.9 Å². The van der Waals surface area contributed by atoms with Gasteiger partial charge in [0.05, 0.1) is 5.92 Å². The van der Waals surface area contributed by atoms with Gasteiger partial charge in [-0.15, -0.1) is 0 Å². The Morgan fingerprint density at radius 2 is 2.06 bits per heavy atom. The average molecular weight is 244 g/mol. The van der Waals surface area contributed by atoms with Crippen LogP contribution in [0, 0.1) is 17.8 Å². The SMILES string of the molecule is C=C1C(=O)OC2C1CCC(=C)C1C(=O)C=C(C)C12. The van der Waals surface area contributed by atoms with Gasteiger partial charge in [-0.05, 0) is 25.8 Å². The highest BCUT2D eigenvalue weighted by Gasteiger charge is 2.51. The van der Waals surface area contributed by atoms with Gasteiger partial charge >= 0.3 is 5.97 Å². The van der Waals surface area contributed by atoms with Crippen LogP contribution in [0.3, 0.4) is 0 Å². The third-order valence-corrected chi connectivity index (χ3v) is 4.48. The first-order chi connectivity index (χ1) is 8.50. The largest absolute Gasteiger partial charge is 0.458 e. The van der Waals surface area contributed by atoms with Crippen LogP contribution in [-0.4, -0.2) is 17.9 Å². The molecule has 1 aliphatic heterocycles. The number of rotatable bonds is 0. The standard InChI is InChI=1S/C15H16O3/c1-7-4-5-10-9(3)15(17)18-14(10)13-8(2)6-11(16)12(7)13/h6,10,12-14H,1,3-5H2,2H3. The summed E-state index contributed by atoms with van der Waals surface area (Å²) in [5.41, 5.74) is 2.53. The summed E-state index contributed by atoms with van der Waals surface area (Å²) in [6, 6.07) is 0. The zero-order chi connectivity index (χ0) is 13.0. The third-order valence-electron chi connectivity index (χ3n) is 4.48. The highest BCUT2D eigenvalue weighted by Crippen LogP contribution is 2.48. The molecule has 0 aromatic carbocycles. The Balaban J connectivity index is 2.05. The van der Waals surface area contributed by atoms with Crippen LogP contribution < -0.4 is 0 Å². The van der Waals surface area contributed by atoms with E-state index >= 15 is 0 Å². The Hall–Kier alpha value is -1.64. The zero-order valence-electron chi connectivity index (χ0n) is 10.4. The molecule has 4 atom stereocenters. The van der Waals surface area contributed by atoms with Crippen LogP contribution in [0.5, 0.6) is 0 Å². The summed E-state index contributed by atoms with van der Waals surface area (Å²) in [5, 5.41) is 0. The lowest BCUT2D eigenvalue weighted by molar-refractivity contribution is -0.141. The van der Waals surface area contributed by atoms with Gasteiger partial charge in [0.15, 0.2) is 5.78 Å². The summed E-state index contributed by atoms with van der Waals surface area (Å²) < 4.78 is 5.47. The molecule has 0 bridgehead atoms. The van der Waals surface area contributed by atoms with Crippen LogP contribution in [0.4, 0.5) is 0 Å². The summed E-state index contributed by atoms with van der Waals surface area (Å²) in [7, 11) is 0. The van der Waals surface area contributed by atoms with Crippen LogP contribution in [0.1, 0.15) is 19.8 Å². The topological polar surface area (TPSA) is 43.4 Å². The third kappa shape index (κ3) is 1.36. The van der Waals surface area contributed by atoms with Gasteiger partial charge in [0.25, 0.3) is 0 Å². The molecule has 0 spiro atoms. The van der Waals surface area contributed by atoms with E-state index in [4.69, 9.17) is 4.74 Å². The lowest BCUT2D eigenvalue weighted by atomic mass is 9.80. The minimum atomic E-state index is -0.302. The zero-order valence-corrected chi connectivity index (χ0v) is 10.4. The monoisotopic (exact) mass is 244 g/mol. The molecule has 3 rings (SSSR count). The number of esters is 1. The number of hydrogen-bond donors (Lipinski definition) is 0. The van der Waals surface area contributed by atoms with Crippen molar-refractivity contribution in [1.82, 2.24) is 0 Å². The maximum Gasteiger partial charge on any atom is 0.334 e. The molecule has 0 aromatic rings. The fourth-order valence-electron chi connectivity index (χ4n) is 3.54. The summed E-state index contributed by atoms with van der Waals surface area (Å²) in [5.74, 6) is -0.377. The second kappa shape index (κ2) is 3.67. The van der Waals surface area contributed by atoms with Crippen molar-refractivity contribution < 1.29 is 14.3 Å². The molecule has 0 aromatic heterocycles. The van der Waals surface area contributed by atoms with Crippen molar-refractivity contribution >= 4 is 11.8 Å². The van der Waals surface area contributed by atoms with E-state index in [1.165, 1.54) is 0 Å². The van der Waals surface area contributed by atoms with Gasteiger partial charge in [0.1, 0.15) is 6.10 Å². The van der Waals surface area contributed by atoms with Gasteiger partial charge in [-0.3, -0.25) is 4.79 Å². The van der Waals surface area contributed by atoms with Crippen LogP contribution in [0.25, 0.3) is 0 Å². The molecule has 3 heteroatoms. The molecular formula is C15H16O3. The Morgan fingerprint density at radius 3 is 2.78 bits per heavy atom. The molecule has 0 amide bonds. The minimum absolute atomic E-state index is 0.0271. The summed E-state index contributed by atoms with van der Waals surface area (Å²) >= 11 is 0. The lowest BCUT2D eigenvalue weighted by Crippen LogP contribution is -2.31. The van der Waals surface area contributed by atoms with E-state index < -0.39 is 0 Å². The maximum atomic E-state index is 12.0. The first kappa shape index (κ1) is 11.5. The normalized spacial score (nSPS) is 39.1. The predicted molar refractivity (Wildman–Crippen MR) is 66.6 cm³/mol. The molecular weight excluding hydrogens is 228 g/mol. The fraction of sp³-hybridized carbons (Fsp3) is 0.467. The molecule has 4 unspecified atom stereocenters. The van der Waals surface area contributed by atoms with Crippen LogP contribution in [0.15, 0.2) is 36.0 Å². The van der Waals surface area contributed by atoms with Gasteiger partial charge in [-0.1, -0.05) is 24.3 Å². The summed E-state index contributed by atoms with van der Waals surface area (Å²) in [6.45, 7) is 9.82. The fourth-order valence-corrected chi connectivity index (χ4v) is 3.54. The molecule has 94 valence electrons. The van der Waals surface area contributed by atoms with Crippen molar-refractivity contribution in [3.05, 3.63) is 36.0 Å². The Labute approximate surface area is 106 Å². The Kier molecular flexibility index (Phi) is 2.34. The van der Waals surface area contributed by atoms with Gasteiger partial charge in [-0.2, -0.15) is 0 Å². The molecule has 1 saturated carbocycles. The van der Waals surface area contributed by atoms with Crippen LogP contribution in [-0.2, 0) is 14.3 Å². The maximum absolute atomic E-state index is 12.0. The van der Waals surface area contributed by atoms with E-state index in [1.54, 1.807) is 6.08 Å². The number of ether oxygens (including phenoxy) is 1. The number of allylic oxidation sites excluding steroid dienone is 2. The van der Waals surface area contributed by atoms with Crippen molar-refractivity contribution in [2.75, 3.05) is 0 Å². The van der Waals surface area contributed by atoms with Gasteiger partial charge in [-0.25, -0.2) is 4.79 Å². The van der Waals surface area contributed by atoms with E-state index in [0.717, 1.165) is 24.0 Å². The average Bonchev–Trinajstić information content (AvgIpc) is 2.68. The lowest BCUT2D eigenvalue weighted by Gasteiger charge is -2.26. The molecule has 18 heavy (non-hydrogen) atoms. The molecule has 3 aliphatic rings. The Bertz CT molecular complexity index is 512. The molecule has 0 radical (unpaired) electrons. The highest BCUT2D eigenvalue weighted by molar-refractivity contribution is 5.98.